The first-order valence-corrected chi connectivity index (χ1v) is 30.3. The number of ether oxygens (including phenoxy) is 13. The molecule has 1 rings (SSSR count). The predicted molar refractivity (Wildman–Crippen MR) is 315 cm³/mol. The Morgan fingerprint density at radius 3 is 1.29 bits per heavy atom. The first kappa shape index (κ1) is 79.9. The number of imide groups is 1. The van der Waals surface area contributed by atoms with E-state index in [9.17, 15) is 48.3 Å². The van der Waals surface area contributed by atoms with E-state index in [1.54, 1.807) is 41.7 Å². The molecule has 28 nitrogen and oxygen atoms in total. The monoisotopic (exact) mass is 1250 g/mol. The Morgan fingerprint density at radius 1 is 0.506 bits per heavy atom. The topological polar surface area (TPSA) is 345 Å². The van der Waals surface area contributed by atoms with Gasteiger partial charge in [0.1, 0.15) is 17.9 Å². The summed E-state index contributed by atoms with van der Waals surface area (Å²) in [6, 6.07) is -1.07. The van der Waals surface area contributed by atoms with Gasteiger partial charge in [-0.1, -0.05) is 26.7 Å². The highest BCUT2D eigenvalue weighted by Crippen LogP contribution is 2.21. The Morgan fingerprint density at radius 2 is 0.897 bits per heavy atom. The van der Waals surface area contributed by atoms with Crippen LogP contribution in [-0.4, -0.2) is 260 Å². The summed E-state index contributed by atoms with van der Waals surface area (Å²) >= 11 is 0. The van der Waals surface area contributed by atoms with Crippen LogP contribution in [-0.2, 0) is 99.9 Å². The number of carbonyl (C=O) groups is 9. The molecule has 502 valence electrons. The summed E-state index contributed by atoms with van der Waals surface area (Å²) in [7, 11) is 1.63. The van der Waals surface area contributed by atoms with Crippen molar-refractivity contribution in [2.45, 2.75) is 110 Å². The van der Waals surface area contributed by atoms with Gasteiger partial charge in [0, 0.05) is 76.4 Å². The van der Waals surface area contributed by atoms with Gasteiger partial charge in [-0.05, 0) is 52.4 Å². The third-order valence-electron chi connectivity index (χ3n) is 12.5. The highest BCUT2D eigenvalue weighted by atomic mass is 16.6. The first-order chi connectivity index (χ1) is 41.8. The molecule has 0 unspecified atom stereocenters. The third kappa shape index (κ3) is 46.6. The molecular formula is C59H103N5O23. The lowest BCUT2D eigenvalue weighted by Gasteiger charge is -2.26. The summed E-state index contributed by atoms with van der Waals surface area (Å²) < 4.78 is 70.4. The normalized spacial score (nSPS) is 13.4. The molecular weight excluding hydrogens is 1150 g/mol. The number of ketones is 2. The van der Waals surface area contributed by atoms with Crippen LogP contribution in [0.1, 0.15) is 98.8 Å². The summed E-state index contributed by atoms with van der Waals surface area (Å²) in [5.74, 6) is -7.02. The maximum Gasteiger partial charge on any atom is 0.407 e. The Hall–Kier alpha value is -5.11. The van der Waals surface area contributed by atoms with Gasteiger partial charge in [-0.2, -0.15) is 0 Å². The number of Topliss-reactive ketones (excluding diaryl/α,β-unsaturated/α-hetero) is 2. The van der Waals surface area contributed by atoms with E-state index in [1.807, 2.05) is 0 Å². The summed E-state index contributed by atoms with van der Waals surface area (Å²) in [6.07, 6.45) is 3.01. The summed E-state index contributed by atoms with van der Waals surface area (Å²) in [5.41, 5.74) is -0.693. The zero-order chi connectivity index (χ0) is 64.2. The number of methoxy groups -OCH3 is 1. The molecule has 0 aromatic heterocycles. The average Bonchev–Trinajstić information content (AvgIpc) is 3.72. The number of rotatable bonds is 60. The van der Waals surface area contributed by atoms with Crippen molar-refractivity contribution < 1.29 is 110 Å². The quantitative estimate of drug-likeness (QED) is 0.0429. The fraction of sp³-hybridized carbons (Fsp3) is 0.814. The Labute approximate surface area is 513 Å². The number of carboxylic acids is 1. The zero-order valence-electron chi connectivity index (χ0n) is 52.5. The molecule has 0 saturated heterocycles. The zero-order valence-corrected chi connectivity index (χ0v) is 52.5. The van der Waals surface area contributed by atoms with Crippen molar-refractivity contribution in [3.05, 3.63) is 12.2 Å². The molecule has 0 radical (unpaired) electrons. The van der Waals surface area contributed by atoms with Crippen LogP contribution in [0.25, 0.3) is 0 Å². The molecule has 0 aromatic rings. The summed E-state index contributed by atoms with van der Waals surface area (Å²) in [5, 5.41) is 19.8. The van der Waals surface area contributed by atoms with Crippen LogP contribution < -0.4 is 21.3 Å². The fourth-order valence-corrected chi connectivity index (χ4v) is 7.94. The molecule has 1 aliphatic rings. The highest BCUT2D eigenvalue weighted by Gasteiger charge is 2.33. The molecule has 5 N–H and O–H groups in total. The fourth-order valence-electron chi connectivity index (χ4n) is 7.94. The van der Waals surface area contributed by atoms with E-state index >= 15 is 0 Å². The van der Waals surface area contributed by atoms with Crippen molar-refractivity contribution in [1.29, 1.82) is 0 Å². The standard InChI is InChI=1S/C59H103N5O23/c1-46(2)55(50(66)44-48(56(72)62-45-54(70)71)12-8-10-18-61-58(74)87-59(3,4)5)63-57(73)47(43-49(65)15-19-64-52(68)13-14-53(64)69)11-7-9-17-60-51(67)16-20-76-23-24-78-27-28-80-31-32-82-35-36-84-39-40-86-42-41-85-38-37-83-34-33-81-30-29-79-26-25-77-22-21-75-6/h13-14,46-48,55H,7-12,15-45H2,1-6H3,(H,60,67)(H,61,74)(H,62,72)(H,63,73)(H,70,71)/t47-,48-,55+/m1/s1. The summed E-state index contributed by atoms with van der Waals surface area (Å²) in [4.78, 5) is 115. The number of nitrogens with one attached hydrogen (secondary N) is 4. The lowest BCUT2D eigenvalue weighted by Crippen LogP contribution is -2.48. The van der Waals surface area contributed by atoms with E-state index in [2.05, 4.69) is 21.3 Å². The highest BCUT2D eigenvalue weighted by molar-refractivity contribution is 6.13. The molecule has 0 fully saturated rings. The minimum Gasteiger partial charge on any atom is -0.480 e. The average molecular weight is 1250 g/mol. The maximum atomic E-state index is 14.0. The van der Waals surface area contributed by atoms with Gasteiger partial charge in [-0.25, -0.2) is 4.79 Å². The van der Waals surface area contributed by atoms with Crippen molar-refractivity contribution in [2.75, 3.05) is 185 Å². The van der Waals surface area contributed by atoms with E-state index in [0.717, 1.165) is 17.1 Å². The van der Waals surface area contributed by atoms with Crippen LogP contribution in [0.2, 0.25) is 0 Å². The Bertz CT molecular complexity index is 1920. The van der Waals surface area contributed by atoms with Gasteiger partial charge >= 0.3 is 12.1 Å². The number of unbranched alkanes of at least 4 members (excludes halogenated alkanes) is 2. The van der Waals surface area contributed by atoms with E-state index < -0.39 is 77.4 Å². The third-order valence-corrected chi connectivity index (χ3v) is 12.5. The van der Waals surface area contributed by atoms with Gasteiger partial charge in [0.2, 0.25) is 17.7 Å². The summed E-state index contributed by atoms with van der Waals surface area (Å²) in [6.45, 7) is 18.3. The minimum absolute atomic E-state index is 0.105. The molecule has 0 spiro atoms. The molecule has 28 heteroatoms. The lowest BCUT2D eigenvalue weighted by atomic mass is 9.88. The Balaban J connectivity index is 2.31. The van der Waals surface area contributed by atoms with Crippen LogP contribution in [0.4, 0.5) is 4.79 Å². The molecule has 87 heavy (non-hydrogen) atoms. The number of alkyl carbamates (subject to hydrolysis) is 1. The maximum absolute atomic E-state index is 14.0. The SMILES string of the molecule is COCCOCCOCCOCCOCCOCCOCCOCCOCCOCCOCCOCCC(=O)NCCCC[C@H](CC(=O)CCN1C(=O)C=CC1=O)C(=O)N[C@H](C(=O)C[C@@H](CCCCNC(=O)OC(C)(C)C)C(=O)NCC(=O)O)C(C)C. The largest absolute Gasteiger partial charge is 0.480 e. The molecule has 0 aromatic carbocycles. The smallest absolute Gasteiger partial charge is 0.407 e. The van der Waals surface area contributed by atoms with Crippen LogP contribution in [0, 0.1) is 17.8 Å². The van der Waals surface area contributed by atoms with Gasteiger partial charge in [-0.15, -0.1) is 0 Å². The number of nitrogens with zero attached hydrogens (tertiary/aromatic N) is 1. The Kier molecular flexibility index (Phi) is 48.5. The van der Waals surface area contributed by atoms with Crippen LogP contribution in [0.3, 0.4) is 0 Å². The lowest BCUT2D eigenvalue weighted by molar-refractivity contribution is -0.139. The van der Waals surface area contributed by atoms with Crippen molar-refractivity contribution in [3.8, 4) is 0 Å². The molecule has 6 amide bonds. The minimum atomic E-state index is -1.27. The molecule has 0 saturated carbocycles. The predicted octanol–water partition coefficient (Wildman–Crippen LogP) is 1.99. The molecule has 1 heterocycles. The van der Waals surface area contributed by atoms with Gasteiger partial charge in [0.15, 0.2) is 5.78 Å². The van der Waals surface area contributed by atoms with Crippen LogP contribution >= 0.6 is 0 Å². The van der Waals surface area contributed by atoms with E-state index in [4.69, 9.17) is 61.6 Å². The van der Waals surface area contributed by atoms with Crippen LogP contribution in [0.15, 0.2) is 12.2 Å². The second-order valence-corrected chi connectivity index (χ2v) is 21.3. The van der Waals surface area contributed by atoms with Gasteiger partial charge in [0.25, 0.3) is 11.8 Å². The number of aliphatic carboxylic acids is 1. The van der Waals surface area contributed by atoms with Crippen LogP contribution in [0.5, 0.6) is 0 Å². The number of amides is 6. The molecule has 3 atom stereocenters. The number of hydrogen-bond acceptors (Lipinski definition) is 22. The van der Waals surface area contributed by atoms with Crippen molar-refractivity contribution >= 4 is 53.2 Å². The van der Waals surface area contributed by atoms with Gasteiger partial charge in [0.05, 0.1) is 158 Å². The van der Waals surface area contributed by atoms with Crippen molar-refractivity contribution in [2.24, 2.45) is 17.8 Å². The van der Waals surface area contributed by atoms with E-state index in [-0.39, 0.29) is 83.1 Å². The van der Waals surface area contributed by atoms with Gasteiger partial charge < -0.3 is 88.0 Å². The van der Waals surface area contributed by atoms with Crippen molar-refractivity contribution in [3.63, 3.8) is 0 Å². The van der Waals surface area contributed by atoms with Crippen molar-refractivity contribution in [1.82, 2.24) is 26.2 Å². The first-order valence-electron chi connectivity index (χ1n) is 30.3. The number of carbonyl (C=O) groups excluding carboxylic acids is 8. The molecule has 0 aliphatic carbocycles. The van der Waals surface area contributed by atoms with Gasteiger partial charge in [-0.3, -0.25) is 43.3 Å². The second-order valence-electron chi connectivity index (χ2n) is 21.3. The number of carboxylic acid groups (broad SMARTS) is 1. The molecule has 0 bridgehead atoms. The molecule has 1 aliphatic heterocycles. The van der Waals surface area contributed by atoms with E-state index in [0.29, 0.717) is 164 Å². The number of hydrogen-bond donors (Lipinski definition) is 5. The van der Waals surface area contributed by atoms with E-state index in [1.165, 1.54) is 0 Å². The second kappa shape index (κ2) is 52.8.